The van der Waals surface area contributed by atoms with Crippen LogP contribution in [0.1, 0.15) is 40.4 Å². The first-order chi connectivity index (χ1) is 17.4. The Morgan fingerprint density at radius 2 is 1.97 bits per heavy atom. The van der Waals surface area contributed by atoms with Gasteiger partial charge in [0.05, 0.1) is 17.1 Å². The summed E-state index contributed by atoms with van der Waals surface area (Å²) in [6.45, 7) is 4.06. The lowest BCUT2D eigenvalue weighted by Crippen LogP contribution is -2.35. The molecule has 198 valence electrons. The van der Waals surface area contributed by atoms with Crippen molar-refractivity contribution in [1.29, 1.82) is 0 Å². The Kier molecular flexibility index (Phi) is 8.02. The number of carbonyl (C=O) groups excluding carboxylic acids is 1. The van der Waals surface area contributed by atoms with Crippen LogP contribution < -0.4 is 14.8 Å². The van der Waals surface area contributed by atoms with Gasteiger partial charge in [-0.2, -0.15) is 4.98 Å². The number of nitrogens with one attached hydrogen (secondary N) is 2. The number of imidazole rings is 1. The fraction of sp³-hybridized carbons (Fsp3) is 0.333. The number of ether oxygens (including phenoxy) is 4. The molecule has 8 nitrogen and oxygen atoms in total. The van der Waals surface area contributed by atoms with Crippen LogP contribution in [0.15, 0.2) is 48.5 Å². The maximum absolute atomic E-state index is 13.1. The first-order valence-corrected chi connectivity index (χ1v) is 12.3. The molecule has 13 heteroatoms. The molecular weight excluding hydrogens is 583 g/mol. The Balaban J connectivity index is 1.57. The summed E-state index contributed by atoms with van der Waals surface area (Å²) in [5.41, 5.74) is 1.14. The minimum absolute atomic E-state index is 0.0189. The van der Waals surface area contributed by atoms with Gasteiger partial charge < -0.3 is 29.2 Å². The van der Waals surface area contributed by atoms with Crippen LogP contribution >= 0.6 is 27.5 Å². The highest BCUT2D eigenvalue weighted by Gasteiger charge is 2.34. The molecule has 1 fully saturated rings. The lowest BCUT2D eigenvalue weighted by molar-refractivity contribution is -0.274. The molecule has 1 amide bonds. The number of rotatable bonds is 8. The largest absolute Gasteiger partial charge is 0.573 e. The summed E-state index contributed by atoms with van der Waals surface area (Å²) >= 11 is 9.55. The van der Waals surface area contributed by atoms with Gasteiger partial charge in [-0.25, -0.2) is 0 Å². The van der Waals surface area contributed by atoms with Crippen molar-refractivity contribution in [3.63, 3.8) is 0 Å². The second-order valence-corrected chi connectivity index (χ2v) is 9.85. The molecule has 2 aromatic carbocycles. The van der Waals surface area contributed by atoms with E-state index in [0.717, 1.165) is 17.7 Å². The number of carbonyl (C=O) groups is 1. The molecule has 2 N–H and O–H groups in total. The van der Waals surface area contributed by atoms with E-state index >= 15 is 0 Å². The Morgan fingerprint density at radius 1 is 1.27 bits per heavy atom. The highest BCUT2D eigenvalue weighted by atomic mass is 79.9. The standard InChI is InChI=1S/C24H22BrClF3N3O5/c1-23(2)34-12-17(36-23)11-30-21(33)20-19(18(25)13-6-8-14(26)9-7-13)31-22(32-20)35-15-4-3-5-16(10-15)37-24(27,28)29/h3-10,17-18H,11-12H2,1-2H3,(H,30,33)(H,31,32). The summed E-state index contributed by atoms with van der Waals surface area (Å²) in [5, 5.41) is 3.33. The number of aromatic amines is 1. The van der Waals surface area contributed by atoms with Crippen LogP contribution in [0, 0.1) is 0 Å². The first kappa shape index (κ1) is 27.2. The minimum Gasteiger partial charge on any atom is -0.426 e. The lowest BCUT2D eigenvalue weighted by atomic mass is 10.1. The van der Waals surface area contributed by atoms with E-state index in [4.69, 9.17) is 25.8 Å². The Hall–Kier alpha value is -2.80. The zero-order chi connectivity index (χ0) is 26.8. The van der Waals surface area contributed by atoms with Crippen LogP contribution in [0.2, 0.25) is 5.02 Å². The van der Waals surface area contributed by atoms with Crippen molar-refractivity contribution in [3.05, 3.63) is 70.5 Å². The predicted octanol–water partition coefficient (Wildman–Crippen LogP) is 6.12. The number of alkyl halides is 4. The number of aromatic nitrogens is 2. The summed E-state index contributed by atoms with van der Waals surface area (Å²) < 4.78 is 58.6. The predicted molar refractivity (Wildman–Crippen MR) is 131 cm³/mol. The second kappa shape index (κ2) is 10.9. The van der Waals surface area contributed by atoms with Gasteiger partial charge in [0, 0.05) is 17.6 Å². The van der Waals surface area contributed by atoms with Crippen LogP contribution in [0.5, 0.6) is 17.5 Å². The summed E-state index contributed by atoms with van der Waals surface area (Å²) in [6, 6.07) is 11.8. The molecule has 2 unspecified atom stereocenters. The monoisotopic (exact) mass is 603 g/mol. The third-order valence-corrected chi connectivity index (χ3v) is 6.37. The molecule has 0 radical (unpaired) electrons. The van der Waals surface area contributed by atoms with E-state index < -0.39 is 28.6 Å². The van der Waals surface area contributed by atoms with Crippen LogP contribution in [0.25, 0.3) is 0 Å². The van der Waals surface area contributed by atoms with Crippen molar-refractivity contribution >= 4 is 33.4 Å². The first-order valence-electron chi connectivity index (χ1n) is 11.0. The van der Waals surface area contributed by atoms with Crippen molar-refractivity contribution in [2.45, 2.75) is 36.9 Å². The molecular formula is C24H22BrClF3N3O5. The molecule has 37 heavy (non-hydrogen) atoms. The smallest absolute Gasteiger partial charge is 0.426 e. The van der Waals surface area contributed by atoms with E-state index in [1.165, 1.54) is 12.1 Å². The van der Waals surface area contributed by atoms with E-state index in [2.05, 4.69) is 36.0 Å². The fourth-order valence-electron chi connectivity index (χ4n) is 3.56. The van der Waals surface area contributed by atoms with Gasteiger partial charge in [-0.3, -0.25) is 4.79 Å². The molecule has 4 rings (SSSR count). The number of halogens is 5. The molecule has 0 saturated carbocycles. The van der Waals surface area contributed by atoms with Crippen LogP contribution in [0.4, 0.5) is 13.2 Å². The Morgan fingerprint density at radius 3 is 2.62 bits per heavy atom. The molecule has 1 aliphatic heterocycles. The van der Waals surface area contributed by atoms with E-state index in [1.807, 2.05) is 0 Å². The van der Waals surface area contributed by atoms with Gasteiger partial charge in [-0.15, -0.1) is 13.2 Å². The molecule has 0 spiro atoms. The molecule has 2 heterocycles. The number of benzene rings is 2. The fourth-order valence-corrected chi connectivity index (χ4v) is 4.33. The van der Waals surface area contributed by atoms with E-state index in [1.54, 1.807) is 38.1 Å². The van der Waals surface area contributed by atoms with Gasteiger partial charge >= 0.3 is 6.36 Å². The van der Waals surface area contributed by atoms with Gasteiger partial charge in [0.25, 0.3) is 11.9 Å². The van der Waals surface area contributed by atoms with Gasteiger partial charge in [-0.05, 0) is 43.7 Å². The quantitative estimate of drug-likeness (QED) is 0.301. The summed E-state index contributed by atoms with van der Waals surface area (Å²) in [5.74, 6) is -1.67. The SMILES string of the molecule is CC1(C)OCC(CNC(=O)c2[nH]c(Oc3cccc(OC(F)(F)F)c3)nc2C(Br)c2ccc(Cl)cc2)O1. The third kappa shape index (κ3) is 7.37. The summed E-state index contributed by atoms with van der Waals surface area (Å²) in [7, 11) is 0. The molecule has 0 bridgehead atoms. The molecule has 3 aromatic rings. The van der Waals surface area contributed by atoms with Crippen LogP contribution in [-0.4, -0.2) is 47.3 Å². The maximum atomic E-state index is 13.1. The topological polar surface area (TPSA) is 94.7 Å². The van der Waals surface area contributed by atoms with Gasteiger partial charge in [0.2, 0.25) is 0 Å². The molecule has 1 aromatic heterocycles. The Bertz CT molecular complexity index is 1250. The minimum atomic E-state index is -4.85. The molecule has 2 atom stereocenters. The maximum Gasteiger partial charge on any atom is 0.573 e. The van der Waals surface area contributed by atoms with Crippen molar-refractivity contribution in [3.8, 4) is 17.5 Å². The normalized spacial score (nSPS) is 17.9. The lowest BCUT2D eigenvalue weighted by Gasteiger charge is -2.17. The highest BCUT2D eigenvalue weighted by Crippen LogP contribution is 2.35. The van der Waals surface area contributed by atoms with Gasteiger partial charge in [0.1, 0.15) is 23.3 Å². The summed E-state index contributed by atoms with van der Waals surface area (Å²) in [6.07, 6.45) is -5.19. The second-order valence-electron chi connectivity index (χ2n) is 8.50. The molecule has 1 saturated heterocycles. The average molecular weight is 605 g/mol. The number of amides is 1. The molecule has 1 aliphatic rings. The molecule has 0 aliphatic carbocycles. The average Bonchev–Trinajstić information content (AvgIpc) is 3.39. The van der Waals surface area contributed by atoms with E-state index in [-0.39, 0.29) is 30.1 Å². The highest BCUT2D eigenvalue weighted by molar-refractivity contribution is 9.09. The van der Waals surface area contributed by atoms with Crippen LogP contribution in [-0.2, 0) is 9.47 Å². The van der Waals surface area contributed by atoms with Crippen LogP contribution in [0.3, 0.4) is 0 Å². The zero-order valence-corrected chi connectivity index (χ0v) is 21.9. The van der Waals surface area contributed by atoms with Gasteiger partial charge in [-0.1, -0.05) is 45.7 Å². The van der Waals surface area contributed by atoms with E-state index in [9.17, 15) is 18.0 Å². The number of hydrogen-bond acceptors (Lipinski definition) is 6. The van der Waals surface area contributed by atoms with Gasteiger partial charge in [0.15, 0.2) is 5.79 Å². The zero-order valence-electron chi connectivity index (χ0n) is 19.6. The van der Waals surface area contributed by atoms with Crippen molar-refractivity contribution in [1.82, 2.24) is 15.3 Å². The number of H-pyrrole nitrogens is 1. The number of nitrogens with zero attached hydrogens (tertiary/aromatic N) is 1. The summed E-state index contributed by atoms with van der Waals surface area (Å²) in [4.78, 5) is 19.8. The van der Waals surface area contributed by atoms with E-state index in [0.29, 0.717) is 17.3 Å². The third-order valence-electron chi connectivity index (χ3n) is 5.15. The van der Waals surface area contributed by atoms with Crippen molar-refractivity contribution in [2.75, 3.05) is 13.2 Å². The Labute approximate surface area is 223 Å². The van der Waals surface area contributed by atoms with Crippen molar-refractivity contribution in [2.24, 2.45) is 0 Å². The number of hydrogen-bond donors (Lipinski definition) is 2. The van der Waals surface area contributed by atoms with Crippen molar-refractivity contribution < 1.29 is 36.9 Å².